The lowest BCUT2D eigenvalue weighted by molar-refractivity contribution is -0.126. The SMILES string of the molecule is COc1ccc(N2CC(NC(=O)C3CCCCC3)CC2=O)cc1OC. The zero-order chi connectivity index (χ0) is 17.8. The van der Waals surface area contributed by atoms with Crippen LogP contribution in [-0.4, -0.2) is 38.6 Å². The average Bonchev–Trinajstić information content (AvgIpc) is 3.01. The van der Waals surface area contributed by atoms with Crippen molar-refractivity contribution in [1.82, 2.24) is 5.32 Å². The van der Waals surface area contributed by atoms with Gasteiger partial charge in [0.2, 0.25) is 11.8 Å². The number of anilines is 1. The summed E-state index contributed by atoms with van der Waals surface area (Å²) in [5, 5.41) is 3.07. The third kappa shape index (κ3) is 3.89. The van der Waals surface area contributed by atoms with Crippen molar-refractivity contribution in [1.29, 1.82) is 0 Å². The molecule has 0 spiro atoms. The van der Waals surface area contributed by atoms with Crippen LogP contribution in [0.2, 0.25) is 0 Å². The van der Waals surface area contributed by atoms with E-state index in [1.165, 1.54) is 6.42 Å². The third-order valence-corrected chi connectivity index (χ3v) is 5.13. The fourth-order valence-corrected chi connectivity index (χ4v) is 3.73. The van der Waals surface area contributed by atoms with Gasteiger partial charge in [-0.05, 0) is 25.0 Å². The van der Waals surface area contributed by atoms with Crippen LogP contribution >= 0.6 is 0 Å². The maximum absolute atomic E-state index is 12.4. The second-order valence-electron chi connectivity index (χ2n) is 6.79. The minimum absolute atomic E-state index is 0.0150. The Morgan fingerprint density at radius 2 is 1.84 bits per heavy atom. The molecule has 1 aromatic carbocycles. The molecule has 2 fully saturated rings. The van der Waals surface area contributed by atoms with Gasteiger partial charge < -0.3 is 19.7 Å². The maximum atomic E-state index is 12.4. The third-order valence-electron chi connectivity index (χ3n) is 5.13. The van der Waals surface area contributed by atoms with Crippen molar-refractivity contribution in [2.45, 2.75) is 44.6 Å². The highest BCUT2D eigenvalue weighted by Gasteiger charge is 2.33. The summed E-state index contributed by atoms with van der Waals surface area (Å²) in [4.78, 5) is 26.5. The van der Waals surface area contributed by atoms with E-state index in [0.29, 0.717) is 24.5 Å². The topological polar surface area (TPSA) is 67.9 Å². The number of rotatable bonds is 5. The van der Waals surface area contributed by atoms with E-state index >= 15 is 0 Å². The van der Waals surface area contributed by atoms with E-state index in [0.717, 1.165) is 31.4 Å². The summed E-state index contributed by atoms with van der Waals surface area (Å²) in [6.45, 7) is 0.493. The van der Waals surface area contributed by atoms with Crippen molar-refractivity contribution in [2.75, 3.05) is 25.7 Å². The molecule has 25 heavy (non-hydrogen) atoms. The number of hydrogen-bond donors (Lipinski definition) is 1. The summed E-state index contributed by atoms with van der Waals surface area (Å²) >= 11 is 0. The van der Waals surface area contributed by atoms with E-state index in [2.05, 4.69) is 5.32 Å². The molecular formula is C19H26N2O4. The van der Waals surface area contributed by atoms with Gasteiger partial charge in [0.25, 0.3) is 0 Å². The summed E-state index contributed by atoms with van der Waals surface area (Å²) in [6, 6.07) is 5.29. The molecular weight excluding hydrogens is 320 g/mol. The van der Waals surface area contributed by atoms with Crippen LogP contribution in [0.1, 0.15) is 38.5 Å². The Hall–Kier alpha value is -2.24. The molecule has 3 rings (SSSR count). The lowest BCUT2D eigenvalue weighted by Crippen LogP contribution is -2.41. The number of carbonyl (C=O) groups excluding carboxylic acids is 2. The first-order valence-corrected chi connectivity index (χ1v) is 8.95. The summed E-state index contributed by atoms with van der Waals surface area (Å²) in [6.07, 6.45) is 5.74. The predicted octanol–water partition coefficient (Wildman–Crippen LogP) is 2.51. The molecule has 6 heteroatoms. The smallest absolute Gasteiger partial charge is 0.229 e. The standard InChI is InChI=1S/C19H26N2O4/c1-24-16-9-8-15(11-17(16)25-2)21-12-14(10-18(21)22)20-19(23)13-6-4-3-5-7-13/h8-9,11,13-14H,3-7,10,12H2,1-2H3,(H,20,23). The van der Waals surface area contributed by atoms with Gasteiger partial charge in [-0.1, -0.05) is 19.3 Å². The molecule has 1 aliphatic heterocycles. The van der Waals surface area contributed by atoms with Crippen LogP contribution in [0.15, 0.2) is 18.2 Å². The summed E-state index contributed by atoms with van der Waals surface area (Å²) in [5.41, 5.74) is 0.761. The Morgan fingerprint density at radius 3 is 2.52 bits per heavy atom. The van der Waals surface area contributed by atoms with Crippen LogP contribution in [0, 0.1) is 5.92 Å². The van der Waals surface area contributed by atoms with Gasteiger partial charge in [0.1, 0.15) is 0 Å². The molecule has 1 atom stereocenters. The van der Waals surface area contributed by atoms with Gasteiger partial charge in [-0.2, -0.15) is 0 Å². The fraction of sp³-hybridized carbons (Fsp3) is 0.579. The maximum Gasteiger partial charge on any atom is 0.229 e. The first kappa shape index (κ1) is 17.6. The Morgan fingerprint density at radius 1 is 1.12 bits per heavy atom. The normalized spacial score (nSPS) is 21.3. The Bertz CT molecular complexity index is 640. The minimum Gasteiger partial charge on any atom is -0.493 e. The second-order valence-corrected chi connectivity index (χ2v) is 6.79. The van der Waals surface area contributed by atoms with E-state index < -0.39 is 0 Å². The van der Waals surface area contributed by atoms with Gasteiger partial charge in [-0.15, -0.1) is 0 Å². The molecule has 0 aromatic heterocycles. The Labute approximate surface area is 148 Å². The summed E-state index contributed by atoms with van der Waals surface area (Å²) in [7, 11) is 3.15. The van der Waals surface area contributed by atoms with Crippen LogP contribution in [0.5, 0.6) is 11.5 Å². The number of benzene rings is 1. The van der Waals surface area contributed by atoms with Crippen LogP contribution in [-0.2, 0) is 9.59 Å². The van der Waals surface area contributed by atoms with Gasteiger partial charge in [-0.25, -0.2) is 0 Å². The molecule has 1 aromatic rings. The highest BCUT2D eigenvalue weighted by atomic mass is 16.5. The van der Waals surface area contributed by atoms with E-state index in [9.17, 15) is 9.59 Å². The fourth-order valence-electron chi connectivity index (χ4n) is 3.73. The lowest BCUT2D eigenvalue weighted by Gasteiger charge is -2.23. The van der Waals surface area contributed by atoms with Crippen molar-refractivity contribution in [2.24, 2.45) is 5.92 Å². The van der Waals surface area contributed by atoms with E-state index in [-0.39, 0.29) is 23.8 Å². The van der Waals surface area contributed by atoms with Gasteiger partial charge in [0, 0.05) is 30.6 Å². The zero-order valence-corrected chi connectivity index (χ0v) is 14.9. The van der Waals surface area contributed by atoms with Crippen molar-refractivity contribution < 1.29 is 19.1 Å². The second kappa shape index (κ2) is 7.76. The molecule has 1 aliphatic carbocycles. The van der Waals surface area contributed by atoms with Gasteiger partial charge >= 0.3 is 0 Å². The molecule has 1 saturated carbocycles. The number of hydrogen-bond acceptors (Lipinski definition) is 4. The molecule has 1 unspecified atom stereocenters. The average molecular weight is 346 g/mol. The minimum atomic E-state index is -0.130. The highest BCUT2D eigenvalue weighted by Crippen LogP contribution is 2.33. The van der Waals surface area contributed by atoms with Crippen molar-refractivity contribution in [3.8, 4) is 11.5 Å². The number of methoxy groups -OCH3 is 2. The molecule has 2 amide bonds. The van der Waals surface area contributed by atoms with E-state index in [1.54, 1.807) is 31.3 Å². The Kier molecular flexibility index (Phi) is 5.46. The number of ether oxygens (including phenoxy) is 2. The first-order chi connectivity index (χ1) is 12.1. The number of carbonyl (C=O) groups is 2. The zero-order valence-electron chi connectivity index (χ0n) is 14.9. The van der Waals surface area contributed by atoms with Gasteiger partial charge in [0.15, 0.2) is 11.5 Å². The molecule has 1 heterocycles. The van der Waals surface area contributed by atoms with Gasteiger partial charge in [0.05, 0.1) is 20.3 Å². The summed E-state index contributed by atoms with van der Waals surface area (Å²) < 4.78 is 10.5. The number of nitrogens with zero attached hydrogens (tertiary/aromatic N) is 1. The monoisotopic (exact) mass is 346 g/mol. The van der Waals surface area contributed by atoms with Crippen LogP contribution in [0.25, 0.3) is 0 Å². The molecule has 136 valence electrons. The van der Waals surface area contributed by atoms with Crippen LogP contribution in [0.4, 0.5) is 5.69 Å². The highest BCUT2D eigenvalue weighted by molar-refractivity contribution is 5.97. The largest absolute Gasteiger partial charge is 0.493 e. The van der Waals surface area contributed by atoms with Crippen molar-refractivity contribution >= 4 is 17.5 Å². The molecule has 1 saturated heterocycles. The number of amides is 2. The predicted molar refractivity (Wildman–Crippen MR) is 95.0 cm³/mol. The summed E-state index contributed by atoms with van der Waals surface area (Å²) in [5.74, 6) is 1.44. The number of nitrogens with one attached hydrogen (secondary N) is 1. The molecule has 1 N–H and O–H groups in total. The quantitative estimate of drug-likeness (QED) is 0.889. The molecule has 2 aliphatic rings. The Balaban J connectivity index is 1.65. The lowest BCUT2D eigenvalue weighted by atomic mass is 9.88. The molecule has 0 bridgehead atoms. The van der Waals surface area contributed by atoms with Crippen molar-refractivity contribution in [3.63, 3.8) is 0 Å². The first-order valence-electron chi connectivity index (χ1n) is 8.95. The van der Waals surface area contributed by atoms with E-state index in [1.807, 2.05) is 6.07 Å². The van der Waals surface area contributed by atoms with Crippen LogP contribution < -0.4 is 19.7 Å². The van der Waals surface area contributed by atoms with E-state index in [4.69, 9.17) is 9.47 Å². The van der Waals surface area contributed by atoms with Crippen molar-refractivity contribution in [3.05, 3.63) is 18.2 Å². The van der Waals surface area contributed by atoms with Crippen LogP contribution in [0.3, 0.4) is 0 Å². The van der Waals surface area contributed by atoms with Gasteiger partial charge in [-0.3, -0.25) is 9.59 Å². The molecule has 0 radical (unpaired) electrons. The molecule has 6 nitrogen and oxygen atoms in total.